The van der Waals surface area contributed by atoms with Crippen molar-refractivity contribution >= 4 is 11.2 Å². The number of nitrogens with one attached hydrogen (secondary N) is 3. The van der Waals surface area contributed by atoms with E-state index in [4.69, 9.17) is 10.0 Å². The highest BCUT2D eigenvalue weighted by molar-refractivity contribution is 5.63. The summed E-state index contributed by atoms with van der Waals surface area (Å²) in [5.41, 5.74) is 1.64. The molecule has 0 bridgehead atoms. The zero-order chi connectivity index (χ0) is 13.6. The first-order valence-electron chi connectivity index (χ1n) is 5.31. The Morgan fingerprint density at radius 3 is 2.95 bits per heavy atom. The first kappa shape index (κ1) is 12.2. The van der Waals surface area contributed by atoms with Gasteiger partial charge in [0.15, 0.2) is 25.0 Å². The van der Waals surface area contributed by atoms with Crippen LogP contribution < -0.4 is 15.7 Å². The summed E-state index contributed by atoms with van der Waals surface area (Å²) in [7, 11) is 0. The summed E-state index contributed by atoms with van der Waals surface area (Å²) in [5, 5.41) is 28.7. The average molecular weight is 271 g/mol. The lowest BCUT2D eigenvalue weighted by atomic mass is 10.3. The smallest absolute Gasteiger partial charge is 0.311 e. The monoisotopic (exact) mass is 271 g/mol. The third kappa shape index (κ3) is 1.73. The van der Waals surface area contributed by atoms with Crippen molar-refractivity contribution in [1.82, 2.24) is 25.7 Å². The molecular formula is C8H11N6O5+. The van der Waals surface area contributed by atoms with Crippen LogP contribution in [0.3, 0.4) is 0 Å². The number of hydroxylamine groups is 1. The quantitative estimate of drug-likeness (QED) is 0.248. The Morgan fingerprint density at radius 1 is 1.47 bits per heavy atom. The summed E-state index contributed by atoms with van der Waals surface area (Å²) in [5.74, 6) is 0. The number of hydrogen-bond acceptors (Lipinski definition) is 8. The summed E-state index contributed by atoms with van der Waals surface area (Å²) in [6, 6.07) is 0. The summed E-state index contributed by atoms with van der Waals surface area (Å²) >= 11 is 0. The van der Waals surface area contributed by atoms with E-state index in [1.165, 1.54) is 17.2 Å². The molecule has 3 heterocycles. The number of aromatic amines is 2. The maximum Gasteiger partial charge on any atom is 0.311 e. The van der Waals surface area contributed by atoms with Gasteiger partial charge in [-0.25, -0.2) is 9.40 Å². The van der Waals surface area contributed by atoms with Crippen molar-refractivity contribution in [3.8, 4) is 0 Å². The van der Waals surface area contributed by atoms with Crippen molar-refractivity contribution < 1.29 is 24.8 Å². The van der Waals surface area contributed by atoms with Gasteiger partial charge < -0.3 is 10.2 Å². The largest absolute Gasteiger partial charge is 0.382 e. The van der Waals surface area contributed by atoms with Crippen molar-refractivity contribution in [2.45, 2.75) is 18.6 Å². The lowest BCUT2D eigenvalue weighted by molar-refractivity contribution is -0.753. The molecule has 3 rings (SSSR count). The lowest BCUT2D eigenvalue weighted by Gasteiger charge is -2.13. The average Bonchev–Trinajstić information content (AvgIpc) is 2.94. The minimum Gasteiger partial charge on any atom is -0.382 e. The van der Waals surface area contributed by atoms with Crippen LogP contribution in [0, 0.1) is 0 Å². The fourth-order valence-electron chi connectivity index (χ4n) is 1.93. The Bertz CT molecular complexity index is 654. The molecule has 11 nitrogen and oxygen atoms in total. The maximum absolute atomic E-state index is 11.5. The Labute approximate surface area is 104 Å². The van der Waals surface area contributed by atoms with Crippen LogP contribution in [-0.2, 0) is 4.84 Å². The van der Waals surface area contributed by atoms with E-state index >= 15 is 0 Å². The Kier molecular flexibility index (Phi) is 2.78. The second-order valence-electron chi connectivity index (χ2n) is 3.94. The van der Waals surface area contributed by atoms with E-state index in [0.717, 1.165) is 0 Å². The molecule has 102 valence electrons. The Hall–Kier alpha value is -1.89. The van der Waals surface area contributed by atoms with E-state index in [9.17, 15) is 15.0 Å². The van der Waals surface area contributed by atoms with E-state index in [1.807, 2.05) is 0 Å². The first-order chi connectivity index (χ1) is 9.13. The second kappa shape index (κ2) is 4.34. The van der Waals surface area contributed by atoms with Gasteiger partial charge in [0.25, 0.3) is 5.56 Å². The van der Waals surface area contributed by atoms with Crippen LogP contribution in [-0.4, -0.2) is 47.9 Å². The van der Waals surface area contributed by atoms with Gasteiger partial charge in [-0.3, -0.25) is 20.0 Å². The third-order valence-corrected chi connectivity index (χ3v) is 2.86. The van der Waals surface area contributed by atoms with Gasteiger partial charge in [-0.15, -0.1) is 5.59 Å². The highest BCUT2D eigenvalue weighted by atomic mass is 16.8. The number of hydrazine groups is 1. The summed E-state index contributed by atoms with van der Waals surface area (Å²) in [6.45, 7) is 0. The summed E-state index contributed by atoms with van der Waals surface area (Å²) < 4.78 is 1.33. The molecule has 3 atom stereocenters. The van der Waals surface area contributed by atoms with Crippen LogP contribution in [0.1, 0.15) is 6.23 Å². The number of H-pyrrole nitrogens is 2. The van der Waals surface area contributed by atoms with Crippen molar-refractivity contribution in [3.63, 3.8) is 0 Å². The number of aliphatic hydroxyl groups is 2. The molecule has 1 aliphatic rings. The normalized spacial score (nSPS) is 28.3. The fraction of sp³-hybridized carbons (Fsp3) is 0.375. The van der Waals surface area contributed by atoms with Crippen molar-refractivity contribution in [1.29, 1.82) is 0 Å². The summed E-state index contributed by atoms with van der Waals surface area (Å²) in [4.78, 5) is 25.6. The zero-order valence-electron chi connectivity index (χ0n) is 9.39. The molecule has 11 heteroatoms. The van der Waals surface area contributed by atoms with Crippen LogP contribution in [0.25, 0.3) is 11.2 Å². The molecule has 0 aliphatic carbocycles. The van der Waals surface area contributed by atoms with Crippen molar-refractivity contribution in [2.24, 2.45) is 0 Å². The molecule has 2 aromatic rings. The first-order valence-corrected chi connectivity index (χ1v) is 5.31. The van der Waals surface area contributed by atoms with Crippen molar-refractivity contribution in [2.75, 3.05) is 0 Å². The molecule has 0 saturated carbocycles. The standard InChI is InChI=1S/C8H10N6O5/c15-4-7(17)14(12-18)19-8(4)13-2-11-3-5(13)9-1-10-6(3)16/h1-2,4,7-8,12,15,17-18H,(H,9,10,16)/p+1/t4-,7+,8-/m1/s1. The number of hydrogen-bond donors (Lipinski definition) is 6. The van der Waals surface area contributed by atoms with Gasteiger partial charge in [-0.05, 0) is 0 Å². The van der Waals surface area contributed by atoms with Gasteiger partial charge in [0.05, 0.1) is 0 Å². The van der Waals surface area contributed by atoms with E-state index in [-0.39, 0.29) is 16.7 Å². The number of rotatable bonds is 2. The van der Waals surface area contributed by atoms with Gasteiger partial charge in [0.1, 0.15) is 0 Å². The highest BCUT2D eigenvalue weighted by Gasteiger charge is 2.46. The summed E-state index contributed by atoms with van der Waals surface area (Å²) in [6.07, 6.45) is -1.32. The van der Waals surface area contributed by atoms with Gasteiger partial charge in [0, 0.05) is 0 Å². The molecule has 0 amide bonds. The van der Waals surface area contributed by atoms with Crippen LogP contribution in [0.15, 0.2) is 17.4 Å². The number of imidazole rings is 1. The molecule has 0 aromatic carbocycles. The molecule has 1 saturated heterocycles. The second-order valence-corrected chi connectivity index (χ2v) is 3.94. The van der Waals surface area contributed by atoms with E-state index in [0.29, 0.717) is 5.17 Å². The van der Waals surface area contributed by atoms with E-state index in [2.05, 4.69) is 15.0 Å². The minimum absolute atomic E-state index is 0.197. The molecular weight excluding hydrogens is 260 g/mol. The van der Waals surface area contributed by atoms with Crippen LogP contribution in [0.2, 0.25) is 0 Å². The lowest BCUT2D eigenvalue weighted by Crippen LogP contribution is -2.46. The molecule has 1 aliphatic heterocycles. The number of fused-ring (bicyclic) bond motifs is 1. The molecule has 6 N–H and O–H groups in total. The molecule has 2 aromatic heterocycles. The number of nitrogens with zero attached hydrogens (tertiary/aromatic N) is 3. The van der Waals surface area contributed by atoms with Gasteiger partial charge in [-0.2, -0.15) is 0 Å². The zero-order valence-corrected chi connectivity index (χ0v) is 9.39. The molecule has 1 fully saturated rings. The predicted molar refractivity (Wildman–Crippen MR) is 55.8 cm³/mol. The molecule has 19 heavy (non-hydrogen) atoms. The van der Waals surface area contributed by atoms with Crippen LogP contribution in [0.5, 0.6) is 0 Å². The Balaban J connectivity index is 2.06. The third-order valence-electron chi connectivity index (χ3n) is 2.86. The predicted octanol–water partition coefficient (Wildman–Crippen LogP) is -3.14. The molecule has 0 unspecified atom stereocenters. The van der Waals surface area contributed by atoms with Crippen LogP contribution in [0.4, 0.5) is 0 Å². The van der Waals surface area contributed by atoms with E-state index < -0.39 is 18.6 Å². The fourth-order valence-corrected chi connectivity index (χ4v) is 1.93. The SMILES string of the molecule is O=c1[nH]cnc2c1[nH]c[n+]2[C@@H]1ON(NO)[C@@H](O)[C@H]1O. The maximum atomic E-state index is 11.5. The number of aromatic nitrogens is 4. The Morgan fingerprint density at radius 2 is 2.26 bits per heavy atom. The topological polar surface area (TPSA) is 151 Å². The van der Waals surface area contributed by atoms with Gasteiger partial charge >= 0.3 is 5.65 Å². The molecule has 0 spiro atoms. The van der Waals surface area contributed by atoms with Gasteiger partial charge in [-0.1, -0.05) is 10.2 Å². The van der Waals surface area contributed by atoms with E-state index in [1.54, 1.807) is 5.59 Å². The van der Waals surface area contributed by atoms with Crippen molar-refractivity contribution in [3.05, 3.63) is 23.0 Å². The van der Waals surface area contributed by atoms with Gasteiger partial charge in [0.2, 0.25) is 11.7 Å². The molecule has 0 radical (unpaired) electrons. The minimum atomic E-state index is -1.48. The number of aliphatic hydroxyl groups excluding tert-OH is 2. The van der Waals surface area contributed by atoms with Crippen LogP contribution >= 0.6 is 0 Å². The highest BCUT2D eigenvalue weighted by Crippen LogP contribution is 2.22.